The zero-order valence-electron chi connectivity index (χ0n) is 13.1. The Morgan fingerprint density at radius 2 is 1.57 bits per heavy atom. The molecule has 0 aliphatic rings. The highest BCUT2D eigenvalue weighted by Gasteiger charge is 2.08. The predicted molar refractivity (Wildman–Crippen MR) is 90.6 cm³/mol. The molecule has 1 aromatic heterocycles. The highest BCUT2D eigenvalue weighted by molar-refractivity contribution is 9.10. The summed E-state index contributed by atoms with van der Waals surface area (Å²) in [5.74, 6) is 0.241. The molecule has 0 unspecified atom stereocenters. The Bertz CT molecular complexity index is 390. The molecule has 1 amide bonds. The molecule has 1 heterocycles. The number of furan rings is 1. The van der Waals surface area contributed by atoms with Crippen LogP contribution in [0.4, 0.5) is 0 Å². The smallest absolute Gasteiger partial charge is 0.287 e. The van der Waals surface area contributed by atoms with Gasteiger partial charge in [0.15, 0.2) is 10.4 Å². The van der Waals surface area contributed by atoms with Crippen molar-refractivity contribution in [2.24, 2.45) is 0 Å². The van der Waals surface area contributed by atoms with Crippen LogP contribution in [-0.4, -0.2) is 12.5 Å². The third-order valence-corrected chi connectivity index (χ3v) is 4.04. The molecule has 3 nitrogen and oxygen atoms in total. The quantitative estimate of drug-likeness (QED) is 0.488. The first-order valence-corrected chi connectivity index (χ1v) is 9.07. The van der Waals surface area contributed by atoms with Crippen LogP contribution >= 0.6 is 15.9 Å². The Morgan fingerprint density at radius 1 is 1.00 bits per heavy atom. The van der Waals surface area contributed by atoms with Gasteiger partial charge >= 0.3 is 0 Å². The Labute approximate surface area is 137 Å². The van der Waals surface area contributed by atoms with E-state index in [0.717, 1.165) is 13.0 Å². The van der Waals surface area contributed by atoms with Crippen molar-refractivity contribution in [1.29, 1.82) is 0 Å². The molecule has 1 N–H and O–H groups in total. The number of rotatable bonds is 12. The fourth-order valence-electron chi connectivity index (χ4n) is 2.34. The molecule has 4 heteroatoms. The topological polar surface area (TPSA) is 42.2 Å². The first-order chi connectivity index (χ1) is 10.2. The predicted octanol–water partition coefficient (Wildman–Crippen LogP) is 5.69. The molecule has 0 fully saturated rings. The van der Waals surface area contributed by atoms with Gasteiger partial charge in [-0.15, -0.1) is 0 Å². The van der Waals surface area contributed by atoms with Gasteiger partial charge < -0.3 is 9.73 Å². The lowest BCUT2D eigenvalue weighted by Gasteiger charge is -2.04. The van der Waals surface area contributed by atoms with E-state index in [9.17, 15) is 4.79 Å². The van der Waals surface area contributed by atoms with Crippen molar-refractivity contribution in [2.75, 3.05) is 6.54 Å². The van der Waals surface area contributed by atoms with Gasteiger partial charge in [-0.1, -0.05) is 64.7 Å². The first-order valence-electron chi connectivity index (χ1n) is 8.27. The molecule has 1 aromatic rings. The number of hydrogen-bond acceptors (Lipinski definition) is 2. The standard InChI is InChI=1S/C17H28BrNO2/c1-2-3-4-5-6-7-8-9-10-11-14-19-17(20)15-12-13-16(18)21-15/h12-13H,2-11,14H2,1H3,(H,19,20). The zero-order chi connectivity index (χ0) is 15.3. The van der Waals surface area contributed by atoms with Gasteiger partial charge in [-0.25, -0.2) is 0 Å². The van der Waals surface area contributed by atoms with E-state index in [4.69, 9.17) is 4.42 Å². The second-order valence-electron chi connectivity index (χ2n) is 5.54. The van der Waals surface area contributed by atoms with Gasteiger partial charge in [0.1, 0.15) is 0 Å². The van der Waals surface area contributed by atoms with E-state index in [1.165, 1.54) is 57.8 Å². The van der Waals surface area contributed by atoms with Crippen LogP contribution in [0.25, 0.3) is 0 Å². The van der Waals surface area contributed by atoms with E-state index in [1.807, 2.05) is 0 Å². The molecule has 1 rings (SSSR count). The molecule has 0 bridgehead atoms. The summed E-state index contributed by atoms with van der Waals surface area (Å²) in [4.78, 5) is 11.7. The Hall–Kier alpha value is -0.770. The van der Waals surface area contributed by atoms with E-state index in [0.29, 0.717) is 10.4 Å². The molecule has 0 saturated heterocycles. The third kappa shape index (κ3) is 8.97. The van der Waals surface area contributed by atoms with Crippen molar-refractivity contribution >= 4 is 21.8 Å². The number of amides is 1. The van der Waals surface area contributed by atoms with Gasteiger partial charge in [-0.05, 0) is 34.5 Å². The number of halogens is 1. The lowest BCUT2D eigenvalue weighted by atomic mass is 10.1. The van der Waals surface area contributed by atoms with Gasteiger partial charge in [0, 0.05) is 6.54 Å². The summed E-state index contributed by atoms with van der Waals surface area (Å²) >= 11 is 3.19. The van der Waals surface area contributed by atoms with Crippen molar-refractivity contribution < 1.29 is 9.21 Å². The maximum Gasteiger partial charge on any atom is 0.287 e. The number of unbranched alkanes of at least 4 members (excludes halogenated alkanes) is 9. The minimum Gasteiger partial charge on any atom is -0.444 e. The van der Waals surface area contributed by atoms with Crippen molar-refractivity contribution in [1.82, 2.24) is 5.32 Å². The second-order valence-corrected chi connectivity index (χ2v) is 6.32. The first kappa shape index (κ1) is 18.3. The van der Waals surface area contributed by atoms with E-state index in [1.54, 1.807) is 12.1 Å². The molecule has 0 aromatic carbocycles. The average molecular weight is 358 g/mol. The summed E-state index contributed by atoms with van der Waals surface area (Å²) in [6.45, 7) is 2.98. The third-order valence-electron chi connectivity index (χ3n) is 3.61. The fourth-order valence-corrected chi connectivity index (χ4v) is 2.64. The summed E-state index contributed by atoms with van der Waals surface area (Å²) in [5.41, 5.74) is 0. The van der Waals surface area contributed by atoms with Crippen molar-refractivity contribution in [3.05, 3.63) is 22.6 Å². The maximum atomic E-state index is 11.7. The lowest BCUT2D eigenvalue weighted by Crippen LogP contribution is -2.23. The monoisotopic (exact) mass is 357 g/mol. The van der Waals surface area contributed by atoms with Crippen LogP contribution in [-0.2, 0) is 0 Å². The van der Waals surface area contributed by atoms with Crippen LogP contribution in [0.2, 0.25) is 0 Å². The average Bonchev–Trinajstić information content (AvgIpc) is 2.91. The van der Waals surface area contributed by atoms with Crippen LogP contribution in [0.15, 0.2) is 21.2 Å². The molecule has 0 aliphatic heterocycles. The Balaban J connectivity index is 1.87. The highest BCUT2D eigenvalue weighted by atomic mass is 79.9. The normalized spacial score (nSPS) is 10.8. The van der Waals surface area contributed by atoms with Gasteiger partial charge in [-0.3, -0.25) is 4.79 Å². The van der Waals surface area contributed by atoms with E-state index in [2.05, 4.69) is 28.2 Å². The minimum atomic E-state index is -0.128. The van der Waals surface area contributed by atoms with E-state index in [-0.39, 0.29) is 5.91 Å². The van der Waals surface area contributed by atoms with Crippen molar-refractivity contribution in [3.8, 4) is 0 Å². The lowest BCUT2D eigenvalue weighted by molar-refractivity contribution is 0.0924. The van der Waals surface area contributed by atoms with Crippen LogP contribution in [0.3, 0.4) is 0 Å². The molecule has 0 aliphatic carbocycles. The largest absolute Gasteiger partial charge is 0.444 e. The maximum absolute atomic E-state index is 11.7. The van der Waals surface area contributed by atoms with Crippen LogP contribution in [0, 0.1) is 0 Å². The zero-order valence-corrected chi connectivity index (χ0v) is 14.7. The summed E-state index contributed by atoms with van der Waals surface area (Å²) in [6, 6.07) is 3.41. The second kappa shape index (κ2) is 11.8. The van der Waals surface area contributed by atoms with Gasteiger partial charge in [0.25, 0.3) is 5.91 Å². The fraction of sp³-hybridized carbons (Fsp3) is 0.706. The van der Waals surface area contributed by atoms with E-state index >= 15 is 0 Å². The number of nitrogens with one attached hydrogen (secondary N) is 1. The Morgan fingerprint density at radius 3 is 2.10 bits per heavy atom. The van der Waals surface area contributed by atoms with Crippen LogP contribution in [0.5, 0.6) is 0 Å². The molecule has 0 atom stereocenters. The van der Waals surface area contributed by atoms with Crippen LogP contribution in [0.1, 0.15) is 81.7 Å². The highest BCUT2D eigenvalue weighted by Crippen LogP contribution is 2.14. The number of carbonyl (C=O) groups excluding carboxylic acids is 1. The van der Waals surface area contributed by atoms with Crippen molar-refractivity contribution in [3.63, 3.8) is 0 Å². The summed E-state index contributed by atoms with van der Waals surface area (Å²) in [5, 5.41) is 2.88. The summed E-state index contributed by atoms with van der Waals surface area (Å²) in [6.07, 6.45) is 13.1. The number of hydrogen-bond donors (Lipinski definition) is 1. The minimum absolute atomic E-state index is 0.128. The molecule has 0 spiro atoms. The number of carbonyl (C=O) groups is 1. The van der Waals surface area contributed by atoms with Gasteiger partial charge in [-0.2, -0.15) is 0 Å². The summed E-state index contributed by atoms with van der Waals surface area (Å²) in [7, 11) is 0. The van der Waals surface area contributed by atoms with Gasteiger partial charge in [0.2, 0.25) is 0 Å². The molecular formula is C17H28BrNO2. The van der Waals surface area contributed by atoms with Crippen LogP contribution < -0.4 is 5.32 Å². The molecular weight excluding hydrogens is 330 g/mol. The SMILES string of the molecule is CCCCCCCCCCCCNC(=O)c1ccc(Br)o1. The molecule has 0 radical (unpaired) electrons. The molecule has 0 saturated carbocycles. The van der Waals surface area contributed by atoms with E-state index < -0.39 is 0 Å². The molecule has 21 heavy (non-hydrogen) atoms. The van der Waals surface area contributed by atoms with Gasteiger partial charge in [0.05, 0.1) is 0 Å². The molecule has 120 valence electrons. The summed E-state index contributed by atoms with van der Waals surface area (Å²) < 4.78 is 5.79. The Kier molecular flexibility index (Phi) is 10.3. The van der Waals surface area contributed by atoms with Crippen molar-refractivity contribution in [2.45, 2.75) is 71.1 Å².